The molecule has 0 aliphatic carbocycles. The predicted molar refractivity (Wildman–Crippen MR) is 81.3 cm³/mol. The molecule has 0 radical (unpaired) electrons. The second-order valence-electron chi connectivity index (χ2n) is 4.73. The third-order valence-corrected chi connectivity index (χ3v) is 3.83. The zero-order valence-electron chi connectivity index (χ0n) is 11.0. The maximum atomic E-state index is 6.11. The number of hydrogen-bond acceptors (Lipinski definition) is 1. The molecule has 0 bridgehead atoms. The summed E-state index contributed by atoms with van der Waals surface area (Å²) in [5.74, 6) is 1.36. The van der Waals surface area contributed by atoms with Crippen LogP contribution < -0.4 is 4.74 Å². The second kappa shape index (κ2) is 6.31. The van der Waals surface area contributed by atoms with Gasteiger partial charge in [0.25, 0.3) is 0 Å². The molecule has 0 saturated heterocycles. The smallest absolute Gasteiger partial charge is 0.119 e. The van der Waals surface area contributed by atoms with Crippen molar-refractivity contribution in [1.29, 1.82) is 0 Å². The molecule has 0 fully saturated rings. The summed E-state index contributed by atoms with van der Waals surface area (Å²) in [4.78, 5) is 0. The number of hydrogen-bond donors (Lipinski definition) is 0. The van der Waals surface area contributed by atoms with Crippen molar-refractivity contribution in [2.45, 2.75) is 26.4 Å². The van der Waals surface area contributed by atoms with E-state index in [9.17, 15) is 0 Å². The Kier molecular flexibility index (Phi) is 4.73. The van der Waals surface area contributed by atoms with E-state index in [2.05, 4.69) is 26.0 Å². The molecule has 0 aliphatic heterocycles. The molecule has 0 heterocycles. The van der Waals surface area contributed by atoms with Crippen LogP contribution in [0.25, 0.3) is 0 Å². The van der Waals surface area contributed by atoms with Gasteiger partial charge in [0.05, 0.1) is 10.0 Å². The van der Waals surface area contributed by atoms with Gasteiger partial charge < -0.3 is 4.74 Å². The molecule has 0 saturated carbocycles. The fourth-order valence-corrected chi connectivity index (χ4v) is 2.14. The van der Waals surface area contributed by atoms with Crippen LogP contribution in [0.5, 0.6) is 5.75 Å². The van der Waals surface area contributed by atoms with Crippen molar-refractivity contribution in [1.82, 2.24) is 0 Å². The van der Waals surface area contributed by atoms with E-state index in [1.54, 1.807) is 6.07 Å². The van der Waals surface area contributed by atoms with Crippen molar-refractivity contribution in [2.75, 3.05) is 0 Å². The Balaban J connectivity index is 2.04. The molecule has 2 rings (SSSR count). The number of ether oxygens (including phenoxy) is 1. The zero-order chi connectivity index (χ0) is 13.8. The minimum Gasteiger partial charge on any atom is -0.489 e. The van der Waals surface area contributed by atoms with E-state index in [1.807, 2.05) is 24.3 Å². The van der Waals surface area contributed by atoms with Crippen molar-refractivity contribution in [3.8, 4) is 5.75 Å². The average Bonchev–Trinajstić information content (AvgIpc) is 2.41. The van der Waals surface area contributed by atoms with Crippen LogP contribution in [0, 0.1) is 0 Å². The first-order chi connectivity index (χ1) is 9.08. The minimum atomic E-state index is 0.417. The first-order valence-corrected chi connectivity index (χ1v) is 6.99. The van der Waals surface area contributed by atoms with Gasteiger partial charge in [0.1, 0.15) is 12.4 Å². The van der Waals surface area contributed by atoms with Crippen LogP contribution in [-0.4, -0.2) is 0 Å². The Morgan fingerprint density at radius 1 is 1.00 bits per heavy atom. The van der Waals surface area contributed by atoms with Gasteiger partial charge in [-0.3, -0.25) is 0 Å². The van der Waals surface area contributed by atoms with Gasteiger partial charge in [0.15, 0.2) is 0 Å². The van der Waals surface area contributed by atoms with E-state index in [0.29, 0.717) is 22.6 Å². The van der Waals surface area contributed by atoms with Gasteiger partial charge in [-0.1, -0.05) is 61.3 Å². The van der Waals surface area contributed by atoms with Gasteiger partial charge in [-0.05, 0) is 29.7 Å². The molecule has 19 heavy (non-hydrogen) atoms. The van der Waals surface area contributed by atoms with E-state index in [0.717, 1.165) is 11.3 Å². The molecule has 0 aromatic heterocycles. The van der Waals surface area contributed by atoms with Crippen molar-refractivity contribution in [2.24, 2.45) is 0 Å². The van der Waals surface area contributed by atoms with Crippen LogP contribution in [-0.2, 0) is 6.61 Å². The highest BCUT2D eigenvalue weighted by atomic mass is 35.5. The molecule has 0 spiro atoms. The molecule has 0 unspecified atom stereocenters. The Morgan fingerprint density at radius 2 is 1.68 bits per heavy atom. The van der Waals surface area contributed by atoms with Crippen LogP contribution >= 0.6 is 23.2 Å². The van der Waals surface area contributed by atoms with Crippen LogP contribution in [0.1, 0.15) is 30.9 Å². The summed E-state index contributed by atoms with van der Waals surface area (Å²) in [6, 6.07) is 13.7. The molecule has 0 amide bonds. The standard InChI is InChI=1S/C16H16Cl2O/c1-11(2)12-6-8-14(9-7-12)19-10-13-4-3-5-15(17)16(13)18/h3-9,11H,10H2,1-2H3. The molecule has 0 atom stereocenters. The quantitative estimate of drug-likeness (QED) is 0.703. The first-order valence-electron chi connectivity index (χ1n) is 6.23. The summed E-state index contributed by atoms with van der Waals surface area (Å²) >= 11 is 12.1. The van der Waals surface area contributed by atoms with Gasteiger partial charge in [-0.25, -0.2) is 0 Å². The van der Waals surface area contributed by atoms with Crippen molar-refractivity contribution < 1.29 is 4.74 Å². The fourth-order valence-electron chi connectivity index (χ4n) is 1.77. The van der Waals surface area contributed by atoms with E-state index in [4.69, 9.17) is 27.9 Å². The molecule has 2 aromatic rings. The highest BCUT2D eigenvalue weighted by Gasteiger charge is 2.05. The molecule has 3 heteroatoms. The summed E-state index contributed by atoms with van der Waals surface area (Å²) in [5, 5.41) is 1.11. The van der Waals surface area contributed by atoms with Gasteiger partial charge >= 0.3 is 0 Å². The molecular weight excluding hydrogens is 279 g/mol. The van der Waals surface area contributed by atoms with Gasteiger partial charge in [-0.2, -0.15) is 0 Å². The predicted octanol–water partition coefficient (Wildman–Crippen LogP) is 5.70. The Hall–Kier alpha value is -1.18. The second-order valence-corrected chi connectivity index (χ2v) is 5.51. The zero-order valence-corrected chi connectivity index (χ0v) is 12.5. The van der Waals surface area contributed by atoms with Crippen molar-refractivity contribution in [3.63, 3.8) is 0 Å². The van der Waals surface area contributed by atoms with Crippen molar-refractivity contribution in [3.05, 3.63) is 63.6 Å². The molecule has 0 aliphatic rings. The van der Waals surface area contributed by atoms with Gasteiger partial charge in [0, 0.05) is 5.56 Å². The fraction of sp³-hybridized carbons (Fsp3) is 0.250. The lowest BCUT2D eigenvalue weighted by Crippen LogP contribution is -1.97. The molecule has 2 aromatic carbocycles. The molecular formula is C16H16Cl2O. The normalized spacial score (nSPS) is 10.8. The lowest BCUT2D eigenvalue weighted by atomic mass is 10.0. The monoisotopic (exact) mass is 294 g/mol. The summed E-state index contributed by atoms with van der Waals surface area (Å²) < 4.78 is 5.72. The lowest BCUT2D eigenvalue weighted by molar-refractivity contribution is 0.306. The Bertz CT molecular complexity index is 547. The van der Waals surface area contributed by atoms with Crippen LogP contribution in [0.4, 0.5) is 0 Å². The topological polar surface area (TPSA) is 9.23 Å². The maximum Gasteiger partial charge on any atom is 0.119 e. The van der Waals surface area contributed by atoms with Crippen molar-refractivity contribution >= 4 is 23.2 Å². The number of rotatable bonds is 4. The number of benzene rings is 2. The molecule has 0 N–H and O–H groups in total. The Morgan fingerprint density at radius 3 is 2.32 bits per heavy atom. The minimum absolute atomic E-state index is 0.417. The van der Waals surface area contributed by atoms with E-state index < -0.39 is 0 Å². The molecule has 1 nitrogen and oxygen atoms in total. The van der Waals surface area contributed by atoms with E-state index in [1.165, 1.54) is 5.56 Å². The summed E-state index contributed by atoms with van der Waals surface area (Å²) in [5.41, 5.74) is 2.19. The van der Waals surface area contributed by atoms with Gasteiger partial charge in [0.2, 0.25) is 0 Å². The Labute approximate surface area is 124 Å². The van der Waals surface area contributed by atoms with E-state index >= 15 is 0 Å². The van der Waals surface area contributed by atoms with Crippen LogP contribution in [0.3, 0.4) is 0 Å². The first kappa shape index (κ1) is 14.2. The highest BCUT2D eigenvalue weighted by Crippen LogP contribution is 2.27. The lowest BCUT2D eigenvalue weighted by Gasteiger charge is -2.10. The van der Waals surface area contributed by atoms with Crippen LogP contribution in [0.15, 0.2) is 42.5 Å². The molecule has 100 valence electrons. The average molecular weight is 295 g/mol. The highest BCUT2D eigenvalue weighted by molar-refractivity contribution is 6.42. The summed E-state index contributed by atoms with van der Waals surface area (Å²) in [6.07, 6.45) is 0. The summed E-state index contributed by atoms with van der Waals surface area (Å²) in [6.45, 7) is 4.75. The largest absolute Gasteiger partial charge is 0.489 e. The third kappa shape index (κ3) is 3.65. The summed E-state index contributed by atoms with van der Waals surface area (Å²) in [7, 11) is 0. The van der Waals surface area contributed by atoms with Gasteiger partial charge in [-0.15, -0.1) is 0 Å². The van der Waals surface area contributed by atoms with Crippen LogP contribution in [0.2, 0.25) is 10.0 Å². The SMILES string of the molecule is CC(C)c1ccc(OCc2cccc(Cl)c2Cl)cc1. The number of halogens is 2. The maximum absolute atomic E-state index is 6.11. The van der Waals surface area contributed by atoms with E-state index in [-0.39, 0.29) is 0 Å². The third-order valence-electron chi connectivity index (χ3n) is 2.97.